The number of benzene rings is 1. The predicted octanol–water partition coefficient (Wildman–Crippen LogP) is 1.73. The van der Waals surface area contributed by atoms with E-state index >= 15 is 0 Å². The van der Waals surface area contributed by atoms with Crippen LogP contribution in [0.4, 0.5) is 0 Å². The molecule has 0 heterocycles. The number of carbonyl (C=O) groups excluding carboxylic acids is 1. The van der Waals surface area contributed by atoms with Crippen LogP contribution >= 0.6 is 35.4 Å². The number of hydrogen-bond acceptors (Lipinski definition) is 2. The first-order valence-electron chi connectivity index (χ1n) is 4.27. The molecule has 0 aliphatic heterocycles. The van der Waals surface area contributed by atoms with Crippen molar-refractivity contribution >= 4 is 46.4 Å². The molecule has 0 spiro atoms. The van der Waals surface area contributed by atoms with Gasteiger partial charge in [0.2, 0.25) is 0 Å². The summed E-state index contributed by atoms with van der Waals surface area (Å²) in [4.78, 5) is 11.6. The molecule has 1 aromatic rings. The fourth-order valence-corrected chi connectivity index (χ4v) is 1.34. The minimum absolute atomic E-state index is 0.278. The van der Waals surface area contributed by atoms with Gasteiger partial charge in [-0.15, -0.1) is 0 Å². The van der Waals surface area contributed by atoms with E-state index in [2.05, 4.69) is 16.2 Å². The van der Waals surface area contributed by atoms with Crippen molar-refractivity contribution < 1.29 is 4.79 Å². The summed E-state index contributed by atoms with van der Waals surface area (Å²) >= 11 is 16.4. The molecule has 1 rings (SSSR count). The summed E-state index contributed by atoms with van der Waals surface area (Å²) in [6, 6.07) is 4.63. The Balaban J connectivity index is 2.73. The molecule has 7 heteroatoms. The second-order valence-electron chi connectivity index (χ2n) is 2.78. The van der Waals surface area contributed by atoms with Crippen molar-refractivity contribution in [1.29, 1.82) is 0 Å². The van der Waals surface area contributed by atoms with Gasteiger partial charge in [-0.1, -0.05) is 23.2 Å². The minimum Gasteiger partial charge on any atom is -0.364 e. The molecule has 0 saturated heterocycles. The van der Waals surface area contributed by atoms with Gasteiger partial charge in [0.25, 0.3) is 5.91 Å². The number of thiocarbonyl (C=S) groups is 1. The maximum absolute atomic E-state index is 11.6. The van der Waals surface area contributed by atoms with Gasteiger partial charge in [-0.25, -0.2) is 0 Å². The predicted molar refractivity (Wildman–Crippen MR) is 68.7 cm³/mol. The lowest BCUT2D eigenvalue weighted by molar-refractivity contribution is 0.0944. The van der Waals surface area contributed by atoms with Crippen LogP contribution in [0.2, 0.25) is 10.0 Å². The summed E-state index contributed by atoms with van der Waals surface area (Å²) in [5.41, 5.74) is 5.16. The smallest absolute Gasteiger partial charge is 0.271 e. The van der Waals surface area contributed by atoms with Gasteiger partial charge in [0.15, 0.2) is 5.11 Å². The maximum Gasteiger partial charge on any atom is 0.271 e. The summed E-state index contributed by atoms with van der Waals surface area (Å²) in [6.07, 6.45) is 0. The summed E-state index contributed by atoms with van der Waals surface area (Å²) in [7, 11) is 1.63. The van der Waals surface area contributed by atoms with Crippen molar-refractivity contribution in [3.05, 3.63) is 33.8 Å². The number of hydrazine groups is 1. The summed E-state index contributed by atoms with van der Waals surface area (Å²) < 4.78 is 0. The Bertz CT molecular complexity index is 425. The molecule has 0 radical (unpaired) electrons. The third-order valence-corrected chi connectivity index (χ3v) is 2.56. The van der Waals surface area contributed by atoms with Crippen LogP contribution in [-0.4, -0.2) is 18.1 Å². The molecule has 0 aromatic heterocycles. The van der Waals surface area contributed by atoms with Crippen molar-refractivity contribution in [3.63, 3.8) is 0 Å². The van der Waals surface area contributed by atoms with Gasteiger partial charge in [-0.2, -0.15) is 0 Å². The first kappa shape index (κ1) is 13.0. The van der Waals surface area contributed by atoms with Gasteiger partial charge in [0, 0.05) is 12.1 Å². The Morgan fingerprint density at radius 3 is 2.62 bits per heavy atom. The molecule has 1 amide bonds. The normalized spacial score (nSPS) is 9.44. The average molecular weight is 278 g/mol. The van der Waals surface area contributed by atoms with Gasteiger partial charge in [0.05, 0.1) is 10.6 Å². The molecular formula is C9H9Cl2N3OS. The van der Waals surface area contributed by atoms with E-state index < -0.39 is 5.91 Å². The molecule has 4 nitrogen and oxygen atoms in total. The van der Waals surface area contributed by atoms with Gasteiger partial charge in [-0.05, 0) is 30.4 Å². The zero-order chi connectivity index (χ0) is 12.1. The first-order chi connectivity index (χ1) is 7.54. The Morgan fingerprint density at radius 2 is 2.00 bits per heavy atom. The topological polar surface area (TPSA) is 53.2 Å². The monoisotopic (exact) mass is 277 g/mol. The molecule has 0 aliphatic carbocycles. The Kier molecular flexibility index (Phi) is 4.79. The molecule has 0 bridgehead atoms. The highest BCUT2D eigenvalue weighted by atomic mass is 35.5. The average Bonchev–Trinajstić information content (AvgIpc) is 2.28. The summed E-state index contributed by atoms with van der Waals surface area (Å²) in [5.74, 6) is -0.412. The van der Waals surface area contributed by atoms with Crippen molar-refractivity contribution in [2.45, 2.75) is 0 Å². The standard InChI is InChI=1S/C9H9Cl2N3OS/c1-12-9(16)14-13-8(15)6-4-5(10)2-3-7(6)11/h2-4H,1H3,(H,13,15)(H2,12,14,16). The Labute approximate surface area is 108 Å². The second kappa shape index (κ2) is 5.89. The highest BCUT2D eigenvalue weighted by Gasteiger charge is 2.10. The van der Waals surface area contributed by atoms with Crippen LogP contribution < -0.4 is 16.2 Å². The van der Waals surface area contributed by atoms with Crippen LogP contribution in [0, 0.1) is 0 Å². The summed E-state index contributed by atoms with van der Waals surface area (Å²) in [5, 5.41) is 3.70. The van der Waals surface area contributed by atoms with Crippen LogP contribution in [0.15, 0.2) is 18.2 Å². The molecule has 1 aromatic carbocycles. The van der Waals surface area contributed by atoms with E-state index in [1.807, 2.05) is 0 Å². The lowest BCUT2D eigenvalue weighted by Gasteiger charge is -2.09. The number of rotatable bonds is 1. The van der Waals surface area contributed by atoms with Crippen molar-refractivity contribution in [2.24, 2.45) is 0 Å². The SMILES string of the molecule is CNC(=S)NNC(=O)c1cc(Cl)ccc1Cl. The van der Waals surface area contributed by atoms with Crippen LogP contribution in [0.5, 0.6) is 0 Å². The number of carbonyl (C=O) groups is 1. The third-order valence-electron chi connectivity index (χ3n) is 1.69. The zero-order valence-electron chi connectivity index (χ0n) is 8.30. The number of halogens is 2. The molecule has 0 atom stereocenters. The van der Waals surface area contributed by atoms with E-state index in [0.717, 1.165) is 0 Å². The van der Waals surface area contributed by atoms with E-state index in [1.54, 1.807) is 19.2 Å². The van der Waals surface area contributed by atoms with Crippen LogP contribution in [0.3, 0.4) is 0 Å². The molecule has 0 aliphatic rings. The quantitative estimate of drug-likeness (QED) is 0.541. The molecule has 0 unspecified atom stereocenters. The van der Waals surface area contributed by atoms with Crippen molar-refractivity contribution in [1.82, 2.24) is 16.2 Å². The fourth-order valence-electron chi connectivity index (χ4n) is 0.915. The van der Waals surface area contributed by atoms with E-state index in [0.29, 0.717) is 15.2 Å². The summed E-state index contributed by atoms with van der Waals surface area (Å²) in [6.45, 7) is 0. The molecule has 86 valence electrons. The number of amides is 1. The minimum atomic E-state index is -0.412. The zero-order valence-corrected chi connectivity index (χ0v) is 10.6. The second-order valence-corrected chi connectivity index (χ2v) is 4.03. The highest BCUT2D eigenvalue weighted by molar-refractivity contribution is 7.80. The molecule has 3 N–H and O–H groups in total. The maximum atomic E-state index is 11.6. The van der Waals surface area contributed by atoms with E-state index in [-0.39, 0.29) is 5.56 Å². The van der Waals surface area contributed by atoms with Crippen molar-refractivity contribution in [2.75, 3.05) is 7.05 Å². The van der Waals surface area contributed by atoms with Gasteiger partial charge < -0.3 is 5.32 Å². The fraction of sp³-hybridized carbons (Fsp3) is 0.111. The third kappa shape index (κ3) is 3.52. The molecule has 0 fully saturated rings. The van der Waals surface area contributed by atoms with Crippen LogP contribution in [-0.2, 0) is 0 Å². The Morgan fingerprint density at radius 1 is 1.31 bits per heavy atom. The molecule has 16 heavy (non-hydrogen) atoms. The van der Waals surface area contributed by atoms with Crippen molar-refractivity contribution in [3.8, 4) is 0 Å². The number of hydrogen-bond donors (Lipinski definition) is 3. The van der Waals surface area contributed by atoms with E-state index in [4.69, 9.17) is 35.4 Å². The lowest BCUT2D eigenvalue weighted by atomic mass is 10.2. The first-order valence-corrected chi connectivity index (χ1v) is 5.44. The van der Waals surface area contributed by atoms with E-state index in [9.17, 15) is 4.79 Å². The highest BCUT2D eigenvalue weighted by Crippen LogP contribution is 2.20. The number of nitrogens with one attached hydrogen (secondary N) is 3. The van der Waals surface area contributed by atoms with Gasteiger partial charge in [-0.3, -0.25) is 15.6 Å². The van der Waals surface area contributed by atoms with Crippen LogP contribution in [0.25, 0.3) is 0 Å². The largest absolute Gasteiger partial charge is 0.364 e. The molecule has 0 saturated carbocycles. The Hall–Kier alpha value is -1.04. The van der Waals surface area contributed by atoms with Gasteiger partial charge in [0.1, 0.15) is 0 Å². The van der Waals surface area contributed by atoms with Gasteiger partial charge >= 0.3 is 0 Å². The van der Waals surface area contributed by atoms with Crippen LogP contribution in [0.1, 0.15) is 10.4 Å². The lowest BCUT2D eigenvalue weighted by Crippen LogP contribution is -2.45. The van der Waals surface area contributed by atoms with E-state index in [1.165, 1.54) is 6.07 Å². The molecular weight excluding hydrogens is 269 g/mol.